The molecule has 2 unspecified atom stereocenters. The molecular formula is C31H58N2O4. The lowest BCUT2D eigenvalue weighted by atomic mass is 9.79. The van der Waals surface area contributed by atoms with Crippen molar-refractivity contribution in [3.63, 3.8) is 0 Å². The number of rotatable bonds is 12. The molecule has 3 rings (SSSR count). The lowest BCUT2D eigenvalue weighted by Gasteiger charge is -2.53. The van der Waals surface area contributed by atoms with Gasteiger partial charge in [0.15, 0.2) is 6.29 Å². The first kappa shape index (κ1) is 30.8. The van der Waals surface area contributed by atoms with E-state index in [9.17, 15) is 4.79 Å². The van der Waals surface area contributed by atoms with Gasteiger partial charge in [-0.3, -0.25) is 14.6 Å². The zero-order valence-corrected chi connectivity index (χ0v) is 25.8. The van der Waals surface area contributed by atoms with Crippen molar-refractivity contribution in [2.75, 3.05) is 14.1 Å². The molecule has 6 heteroatoms. The number of epoxide rings is 1. The van der Waals surface area contributed by atoms with E-state index in [1.54, 1.807) is 0 Å². The van der Waals surface area contributed by atoms with Gasteiger partial charge in [0.25, 0.3) is 0 Å². The van der Waals surface area contributed by atoms with Gasteiger partial charge in [-0.2, -0.15) is 0 Å². The molecule has 6 nitrogen and oxygen atoms in total. The second-order valence-electron chi connectivity index (χ2n) is 14.8. The Labute approximate surface area is 228 Å². The first-order valence-electron chi connectivity index (χ1n) is 15.0. The van der Waals surface area contributed by atoms with Gasteiger partial charge in [-0.1, -0.05) is 32.1 Å². The van der Waals surface area contributed by atoms with Gasteiger partial charge in [-0.25, -0.2) is 0 Å². The van der Waals surface area contributed by atoms with Gasteiger partial charge in [-0.05, 0) is 95.2 Å². The zero-order chi connectivity index (χ0) is 27.6. The van der Waals surface area contributed by atoms with E-state index < -0.39 is 0 Å². The molecule has 3 aliphatic rings. The van der Waals surface area contributed by atoms with Crippen molar-refractivity contribution in [3.05, 3.63) is 0 Å². The molecule has 0 aromatic carbocycles. The van der Waals surface area contributed by atoms with Gasteiger partial charge >= 0.3 is 5.97 Å². The Kier molecular flexibility index (Phi) is 9.85. The molecule has 2 atom stereocenters. The van der Waals surface area contributed by atoms with Crippen LogP contribution in [0.5, 0.6) is 0 Å². The van der Waals surface area contributed by atoms with Crippen molar-refractivity contribution in [1.29, 1.82) is 0 Å². The minimum Gasteiger partial charge on any atom is -0.462 e. The summed E-state index contributed by atoms with van der Waals surface area (Å²) >= 11 is 0. The molecular weight excluding hydrogens is 464 g/mol. The van der Waals surface area contributed by atoms with Crippen molar-refractivity contribution in [2.45, 2.75) is 179 Å². The largest absolute Gasteiger partial charge is 0.462 e. The van der Waals surface area contributed by atoms with Gasteiger partial charge in [0.05, 0.1) is 6.10 Å². The molecule has 0 aromatic heterocycles. The molecule has 0 bridgehead atoms. The van der Waals surface area contributed by atoms with E-state index >= 15 is 0 Å². The Morgan fingerprint density at radius 2 is 1.14 bits per heavy atom. The van der Waals surface area contributed by atoms with Crippen LogP contribution in [-0.4, -0.2) is 76.6 Å². The summed E-state index contributed by atoms with van der Waals surface area (Å²) in [5.74, 6) is -0.0190. The number of unbranched alkanes of at least 4 members (excludes halogenated alkanes) is 5. The maximum absolute atomic E-state index is 12.4. The molecule has 0 aromatic rings. The standard InChI is InChI=1S/C31H58N2O4/c1-28(2)19-23(20-29(3,4)32(28)9)35-26(34)18-16-14-12-11-13-15-17-25-27(37-25)36-24-21-30(5,6)33(10)31(7,8)22-24/h23-25,27H,11-22H2,1-10H3. The fraction of sp³-hybridized carbons (Fsp3) is 0.968. The Bertz CT molecular complexity index is 726. The Morgan fingerprint density at radius 3 is 1.65 bits per heavy atom. The lowest BCUT2D eigenvalue weighted by Crippen LogP contribution is -2.60. The number of nitrogens with zero attached hydrogens (tertiary/aromatic N) is 2. The summed E-state index contributed by atoms with van der Waals surface area (Å²) in [6.07, 6.45) is 13.0. The number of carbonyl (C=O) groups excluding carboxylic acids is 1. The highest BCUT2D eigenvalue weighted by Crippen LogP contribution is 2.41. The van der Waals surface area contributed by atoms with Gasteiger partial charge in [0, 0.05) is 41.4 Å². The molecule has 3 saturated heterocycles. The van der Waals surface area contributed by atoms with Crippen molar-refractivity contribution < 1.29 is 19.0 Å². The quantitative estimate of drug-likeness (QED) is 0.162. The smallest absolute Gasteiger partial charge is 0.306 e. The summed E-state index contributed by atoms with van der Waals surface area (Å²) in [5.41, 5.74) is 0.388. The van der Waals surface area contributed by atoms with E-state index in [-0.39, 0.29) is 52.7 Å². The molecule has 216 valence electrons. The van der Waals surface area contributed by atoms with Gasteiger partial charge in [0.2, 0.25) is 0 Å². The van der Waals surface area contributed by atoms with Gasteiger partial charge in [-0.15, -0.1) is 0 Å². The maximum atomic E-state index is 12.4. The number of ether oxygens (including phenoxy) is 3. The first-order valence-corrected chi connectivity index (χ1v) is 15.0. The second-order valence-corrected chi connectivity index (χ2v) is 14.8. The molecule has 0 aliphatic carbocycles. The molecule has 0 N–H and O–H groups in total. The average Bonchev–Trinajstić information content (AvgIpc) is 3.48. The maximum Gasteiger partial charge on any atom is 0.306 e. The van der Waals surface area contributed by atoms with Crippen molar-refractivity contribution in [2.24, 2.45) is 0 Å². The van der Waals surface area contributed by atoms with Crippen molar-refractivity contribution >= 4 is 5.97 Å². The minimum absolute atomic E-state index is 0.00623. The Balaban J connectivity index is 1.20. The van der Waals surface area contributed by atoms with Gasteiger partial charge < -0.3 is 14.2 Å². The highest BCUT2D eigenvalue weighted by atomic mass is 16.8. The number of carbonyl (C=O) groups is 1. The fourth-order valence-electron chi connectivity index (χ4n) is 6.95. The Hall–Kier alpha value is -0.690. The SMILES string of the molecule is CN1C(C)(C)CC(OC(=O)CCCCCCCCC2OC2OC2CC(C)(C)N(C)C(C)(C)C2)CC1(C)C. The molecule has 0 saturated carbocycles. The van der Waals surface area contributed by atoms with Crippen LogP contribution < -0.4 is 0 Å². The zero-order valence-electron chi connectivity index (χ0n) is 25.8. The van der Waals surface area contributed by atoms with E-state index in [0.29, 0.717) is 6.42 Å². The minimum atomic E-state index is -0.0190. The molecule has 3 fully saturated rings. The predicted molar refractivity (Wildman–Crippen MR) is 151 cm³/mol. The number of piperidine rings is 2. The van der Waals surface area contributed by atoms with Crippen molar-refractivity contribution in [3.8, 4) is 0 Å². The molecule has 0 spiro atoms. The van der Waals surface area contributed by atoms with Crippen LogP contribution in [0.15, 0.2) is 0 Å². The molecule has 3 heterocycles. The van der Waals surface area contributed by atoms with E-state index in [1.165, 1.54) is 25.7 Å². The number of likely N-dealkylation sites (tertiary alicyclic amines) is 2. The molecule has 37 heavy (non-hydrogen) atoms. The average molecular weight is 523 g/mol. The fourth-order valence-corrected chi connectivity index (χ4v) is 6.95. The van der Waals surface area contributed by atoms with E-state index in [1.807, 2.05) is 0 Å². The summed E-state index contributed by atoms with van der Waals surface area (Å²) < 4.78 is 18.1. The third-order valence-corrected chi connectivity index (χ3v) is 9.82. The lowest BCUT2D eigenvalue weighted by molar-refractivity contribution is -0.159. The van der Waals surface area contributed by atoms with Crippen LogP contribution >= 0.6 is 0 Å². The number of esters is 1. The first-order chi connectivity index (χ1) is 17.0. The summed E-state index contributed by atoms with van der Waals surface area (Å²) in [4.78, 5) is 17.3. The van der Waals surface area contributed by atoms with Crippen LogP contribution in [0.2, 0.25) is 0 Å². The normalized spacial score (nSPS) is 29.8. The van der Waals surface area contributed by atoms with Crippen LogP contribution in [0.1, 0.15) is 132 Å². The molecule has 0 amide bonds. The molecule has 0 radical (unpaired) electrons. The highest BCUT2D eigenvalue weighted by Gasteiger charge is 2.48. The highest BCUT2D eigenvalue weighted by molar-refractivity contribution is 5.69. The Morgan fingerprint density at radius 1 is 0.703 bits per heavy atom. The topological polar surface area (TPSA) is 54.5 Å². The third kappa shape index (κ3) is 8.40. The van der Waals surface area contributed by atoms with Crippen LogP contribution in [0.3, 0.4) is 0 Å². The van der Waals surface area contributed by atoms with Crippen LogP contribution in [0.4, 0.5) is 0 Å². The van der Waals surface area contributed by atoms with E-state index in [2.05, 4.69) is 79.3 Å². The monoisotopic (exact) mass is 522 g/mol. The predicted octanol–water partition coefficient (Wildman–Crippen LogP) is 6.69. The summed E-state index contributed by atoms with van der Waals surface area (Å²) in [5, 5.41) is 0. The number of hydrogen-bond acceptors (Lipinski definition) is 6. The summed E-state index contributed by atoms with van der Waals surface area (Å²) in [7, 11) is 4.41. The summed E-state index contributed by atoms with van der Waals surface area (Å²) in [6, 6.07) is 0. The van der Waals surface area contributed by atoms with Gasteiger partial charge in [0.1, 0.15) is 12.2 Å². The van der Waals surface area contributed by atoms with Crippen LogP contribution in [0.25, 0.3) is 0 Å². The van der Waals surface area contributed by atoms with Crippen LogP contribution in [-0.2, 0) is 19.0 Å². The van der Waals surface area contributed by atoms with Crippen LogP contribution in [0, 0.1) is 0 Å². The second kappa shape index (κ2) is 11.8. The molecule has 3 aliphatic heterocycles. The van der Waals surface area contributed by atoms with E-state index in [0.717, 1.165) is 44.9 Å². The van der Waals surface area contributed by atoms with Crippen molar-refractivity contribution in [1.82, 2.24) is 9.80 Å². The third-order valence-electron chi connectivity index (χ3n) is 9.82. The number of hydrogen-bond donors (Lipinski definition) is 0. The van der Waals surface area contributed by atoms with E-state index in [4.69, 9.17) is 14.2 Å². The summed E-state index contributed by atoms with van der Waals surface area (Å²) in [6.45, 7) is 18.2.